The van der Waals surface area contributed by atoms with Gasteiger partial charge in [0, 0.05) is 11.8 Å². The second-order valence-electron chi connectivity index (χ2n) is 5.26. The summed E-state index contributed by atoms with van der Waals surface area (Å²) in [6.07, 6.45) is 1.82. The Morgan fingerprint density at radius 2 is 2.00 bits per heavy atom. The Balaban J connectivity index is 1.85. The lowest BCUT2D eigenvalue weighted by atomic mass is 10.2. The number of methoxy groups -OCH3 is 2. The van der Waals surface area contributed by atoms with Gasteiger partial charge in [0.2, 0.25) is 0 Å². The number of nitrogens with one attached hydrogen (secondary N) is 3. The van der Waals surface area contributed by atoms with Gasteiger partial charge >= 0.3 is 6.03 Å². The first-order valence-electron chi connectivity index (χ1n) is 7.82. The molecule has 0 fully saturated rings. The van der Waals surface area contributed by atoms with Gasteiger partial charge in [-0.05, 0) is 18.6 Å². The molecule has 1 aromatic carbocycles. The number of H-pyrrole nitrogens is 1. The van der Waals surface area contributed by atoms with Crippen LogP contribution in [-0.2, 0) is 6.42 Å². The van der Waals surface area contributed by atoms with Crippen molar-refractivity contribution in [3.8, 4) is 11.5 Å². The number of carbonyl (C=O) groups is 1. The highest BCUT2D eigenvalue weighted by atomic mass is 16.5. The van der Waals surface area contributed by atoms with E-state index in [1.165, 1.54) is 20.5 Å². The van der Waals surface area contributed by atoms with E-state index in [1.54, 1.807) is 18.2 Å². The van der Waals surface area contributed by atoms with E-state index in [4.69, 9.17) is 9.47 Å². The number of rotatable bonds is 5. The van der Waals surface area contributed by atoms with E-state index < -0.39 is 11.6 Å². The Morgan fingerprint density at radius 3 is 2.69 bits per heavy atom. The number of fused-ring (bicyclic) bond motifs is 1. The fourth-order valence-corrected chi connectivity index (χ4v) is 2.47. The second kappa shape index (κ2) is 7.13. The Labute approximate surface area is 148 Å². The summed E-state index contributed by atoms with van der Waals surface area (Å²) in [5.41, 5.74) is 0.581. The Bertz CT molecular complexity index is 1010. The average Bonchev–Trinajstić information content (AvgIpc) is 3.12. The van der Waals surface area contributed by atoms with Gasteiger partial charge in [0.25, 0.3) is 11.3 Å². The van der Waals surface area contributed by atoms with Crippen molar-refractivity contribution >= 4 is 23.2 Å². The third-order valence-corrected chi connectivity index (χ3v) is 3.72. The van der Waals surface area contributed by atoms with Gasteiger partial charge in [0.05, 0.1) is 19.9 Å². The molecule has 0 bridgehead atoms. The summed E-state index contributed by atoms with van der Waals surface area (Å²) in [4.78, 5) is 33.1. The van der Waals surface area contributed by atoms with Gasteiger partial charge in [-0.3, -0.25) is 9.89 Å². The Hall–Kier alpha value is -3.56. The number of urea groups is 1. The molecule has 10 heteroatoms. The number of aryl methyl sites for hydroxylation is 1. The molecule has 2 heterocycles. The first kappa shape index (κ1) is 17.3. The highest BCUT2D eigenvalue weighted by molar-refractivity contribution is 6.00. The van der Waals surface area contributed by atoms with Gasteiger partial charge < -0.3 is 20.1 Å². The number of ether oxygens (including phenoxy) is 2. The summed E-state index contributed by atoms with van der Waals surface area (Å²) in [5, 5.41) is 7.87. The zero-order valence-corrected chi connectivity index (χ0v) is 14.5. The Kier molecular flexibility index (Phi) is 4.74. The largest absolute Gasteiger partial charge is 0.493 e. The normalized spacial score (nSPS) is 10.6. The van der Waals surface area contributed by atoms with Gasteiger partial charge in [0.15, 0.2) is 11.5 Å². The van der Waals surface area contributed by atoms with Gasteiger partial charge in [0.1, 0.15) is 12.0 Å². The van der Waals surface area contributed by atoms with Crippen LogP contribution < -0.4 is 25.7 Å². The molecule has 0 aliphatic heterocycles. The standard InChI is InChI=1S/C16H18N6O4/c1-4-10-13(14(23)22-15(20-10)17-8-18-22)21-16(24)19-9-5-6-11(25-2)12(7-9)26-3/h5-8H,4H2,1-3H3,(H,17,18,20)(H2,19,21,24). The maximum Gasteiger partial charge on any atom is 0.323 e. The molecule has 0 unspecified atom stereocenters. The number of aromatic amines is 1. The number of anilines is 2. The number of amides is 2. The highest BCUT2D eigenvalue weighted by Gasteiger charge is 2.16. The molecule has 10 nitrogen and oxygen atoms in total. The molecular formula is C16H18N6O4. The first-order chi connectivity index (χ1) is 12.6. The van der Waals surface area contributed by atoms with Crippen molar-refractivity contribution in [2.24, 2.45) is 0 Å². The van der Waals surface area contributed by atoms with E-state index in [-0.39, 0.29) is 11.5 Å². The van der Waals surface area contributed by atoms with E-state index in [1.807, 2.05) is 6.92 Å². The smallest absolute Gasteiger partial charge is 0.323 e. The topological polar surface area (TPSA) is 123 Å². The molecule has 0 aliphatic carbocycles. The average molecular weight is 358 g/mol. The van der Waals surface area contributed by atoms with Gasteiger partial charge in [-0.2, -0.15) is 4.52 Å². The van der Waals surface area contributed by atoms with Crippen molar-refractivity contribution in [2.45, 2.75) is 13.3 Å². The minimum atomic E-state index is -0.578. The molecule has 2 aromatic heterocycles. The van der Waals surface area contributed by atoms with E-state index in [9.17, 15) is 9.59 Å². The molecule has 0 saturated heterocycles. The van der Waals surface area contributed by atoms with Gasteiger partial charge in [-0.15, -0.1) is 0 Å². The lowest BCUT2D eigenvalue weighted by Crippen LogP contribution is -2.28. The summed E-state index contributed by atoms with van der Waals surface area (Å²) in [6, 6.07) is 4.36. The maximum absolute atomic E-state index is 12.5. The molecule has 26 heavy (non-hydrogen) atoms. The van der Waals surface area contributed by atoms with Crippen LogP contribution in [0.2, 0.25) is 0 Å². The van der Waals surface area contributed by atoms with E-state index in [0.29, 0.717) is 29.3 Å². The fourth-order valence-electron chi connectivity index (χ4n) is 2.47. The van der Waals surface area contributed by atoms with E-state index >= 15 is 0 Å². The molecule has 0 saturated carbocycles. The lowest BCUT2D eigenvalue weighted by molar-refractivity contribution is 0.262. The molecule has 0 radical (unpaired) electrons. The van der Waals surface area contributed by atoms with Crippen molar-refractivity contribution < 1.29 is 14.3 Å². The third-order valence-electron chi connectivity index (χ3n) is 3.72. The molecule has 3 N–H and O–H groups in total. The number of nitrogens with zero attached hydrogens (tertiary/aromatic N) is 3. The van der Waals surface area contributed by atoms with Crippen molar-refractivity contribution in [1.29, 1.82) is 0 Å². The molecule has 3 rings (SSSR count). The molecular weight excluding hydrogens is 340 g/mol. The number of carbonyl (C=O) groups excluding carboxylic acids is 1. The maximum atomic E-state index is 12.5. The quantitative estimate of drug-likeness (QED) is 0.637. The van der Waals surface area contributed by atoms with Crippen LogP contribution in [0.5, 0.6) is 11.5 Å². The van der Waals surface area contributed by atoms with Gasteiger partial charge in [-0.25, -0.2) is 14.8 Å². The summed E-state index contributed by atoms with van der Waals surface area (Å²) in [6.45, 7) is 1.84. The highest BCUT2D eigenvalue weighted by Crippen LogP contribution is 2.29. The van der Waals surface area contributed by atoms with Crippen molar-refractivity contribution in [3.63, 3.8) is 0 Å². The molecule has 2 amide bonds. The second-order valence-corrected chi connectivity index (χ2v) is 5.26. The molecule has 0 spiro atoms. The first-order valence-corrected chi connectivity index (χ1v) is 7.82. The van der Waals surface area contributed by atoms with Crippen LogP contribution in [0, 0.1) is 0 Å². The number of aromatic nitrogens is 4. The Morgan fingerprint density at radius 1 is 1.23 bits per heavy atom. The fraction of sp³-hybridized carbons (Fsp3) is 0.250. The van der Waals surface area contributed by atoms with Crippen molar-refractivity contribution in [3.05, 3.63) is 40.6 Å². The third kappa shape index (κ3) is 3.16. The summed E-state index contributed by atoms with van der Waals surface area (Å²) in [7, 11) is 3.03. The van der Waals surface area contributed by atoms with E-state index in [0.717, 1.165) is 4.52 Å². The molecule has 0 atom stereocenters. The van der Waals surface area contributed by atoms with Crippen molar-refractivity contribution in [2.75, 3.05) is 24.9 Å². The zero-order valence-electron chi connectivity index (χ0n) is 14.5. The lowest BCUT2D eigenvalue weighted by Gasteiger charge is -2.12. The van der Waals surface area contributed by atoms with Crippen LogP contribution >= 0.6 is 0 Å². The molecule has 0 aliphatic rings. The van der Waals surface area contributed by atoms with Crippen LogP contribution in [0.25, 0.3) is 5.78 Å². The van der Waals surface area contributed by atoms with Crippen LogP contribution in [-0.4, -0.2) is 39.8 Å². The van der Waals surface area contributed by atoms with Crippen molar-refractivity contribution in [1.82, 2.24) is 19.6 Å². The van der Waals surface area contributed by atoms with Crippen LogP contribution in [0.15, 0.2) is 29.3 Å². The zero-order chi connectivity index (χ0) is 18.7. The molecule has 3 aromatic rings. The monoisotopic (exact) mass is 358 g/mol. The van der Waals surface area contributed by atoms with Crippen LogP contribution in [0.3, 0.4) is 0 Å². The summed E-state index contributed by atoms with van der Waals surface area (Å²) >= 11 is 0. The van der Waals surface area contributed by atoms with Crippen LogP contribution in [0.1, 0.15) is 12.6 Å². The SMILES string of the molecule is CCc1nc2nc[nH]n2c(=O)c1NC(=O)Nc1ccc(OC)c(OC)c1. The number of hydrogen-bond acceptors (Lipinski definition) is 6. The summed E-state index contributed by atoms with van der Waals surface area (Å²) < 4.78 is 11.5. The minimum Gasteiger partial charge on any atom is -0.493 e. The van der Waals surface area contributed by atoms with Gasteiger partial charge in [-0.1, -0.05) is 6.92 Å². The van der Waals surface area contributed by atoms with Crippen LogP contribution in [0.4, 0.5) is 16.2 Å². The number of benzene rings is 1. The minimum absolute atomic E-state index is 0.0900. The predicted octanol–water partition coefficient (Wildman–Crippen LogP) is 1.64. The predicted molar refractivity (Wildman–Crippen MR) is 95.2 cm³/mol. The van der Waals surface area contributed by atoms with E-state index in [2.05, 4.69) is 25.7 Å². The summed E-state index contributed by atoms with van der Waals surface area (Å²) in [5.74, 6) is 1.26. The molecule has 136 valence electrons. The number of hydrogen-bond donors (Lipinski definition) is 3.